The first kappa shape index (κ1) is 26.6. The van der Waals surface area contributed by atoms with Crippen molar-refractivity contribution in [1.29, 1.82) is 0 Å². The number of phenolic OH excluding ortho intramolecular Hbond substituents is 1. The summed E-state index contributed by atoms with van der Waals surface area (Å²) in [7, 11) is 0. The number of phenols is 1. The van der Waals surface area contributed by atoms with Gasteiger partial charge in [0.05, 0.1) is 6.54 Å². The third kappa shape index (κ3) is 4.61. The molecule has 3 aliphatic heterocycles. The first-order valence-corrected chi connectivity index (χ1v) is 13.6. The normalized spacial score (nSPS) is 20.8. The van der Waals surface area contributed by atoms with E-state index in [1.165, 1.54) is 18.2 Å². The molecule has 10 nitrogen and oxygen atoms in total. The molecule has 0 saturated carbocycles. The van der Waals surface area contributed by atoms with Crippen LogP contribution in [0.15, 0.2) is 55.1 Å². The van der Waals surface area contributed by atoms with Crippen LogP contribution in [0.1, 0.15) is 23.6 Å². The molecule has 4 N–H and O–H groups in total. The van der Waals surface area contributed by atoms with Gasteiger partial charge in [0.15, 0.2) is 5.54 Å². The van der Waals surface area contributed by atoms with Gasteiger partial charge in [-0.1, -0.05) is 25.6 Å². The summed E-state index contributed by atoms with van der Waals surface area (Å²) in [5.74, 6) is -0.733. The van der Waals surface area contributed by atoms with E-state index in [2.05, 4.69) is 38.9 Å². The van der Waals surface area contributed by atoms with Crippen LogP contribution in [0.25, 0.3) is 17.0 Å². The van der Waals surface area contributed by atoms with E-state index in [1.54, 1.807) is 30.3 Å². The maximum absolute atomic E-state index is 15.8. The molecule has 3 aromatic rings. The Hall–Kier alpha value is -4.64. The van der Waals surface area contributed by atoms with E-state index in [4.69, 9.17) is 0 Å². The fourth-order valence-electron chi connectivity index (χ4n) is 5.86. The van der Waals surface area contributed by atoms with Crippen molar-refractivity contribution in [2.24, 2.45) is 0 Å². The third-order valence-corrected chi connectivity index (χ3v) is 8.24. The quantitative estimate of drug-likeness (QED) is 0.341. The number of halogens is 1. The molecule has 2 fully saturated rings. The number of nitrogens with one attached hydrogen (secondary N) is 2. The van der Waals surface area contributed by atoms with E-state index in [1.807, 2.05) is 4.90 Å². The molecule has 0 radical (unpaired) electrons. The van der Waals surface area contributed by atoms with Crippen molar-refractivity contribution in [2.75, 3.05) is 44.2 Å². The molecule has 6 rings (SSSR count). The number of aromatic hydroxyl groups is 2. The van der Waals surface area contributed by atoms with Gasteiger partial charge in [0.25, 0.3) is 5.91 Å². The molecule has 11 heteroatoms. The van der Waals surface area contributed by atoms with Crippen molar-refractivity contribution in [2.45, 2.75) is 19.0 Å². The molecule has 4 heterocycles. The predicted molar refractivity (Wildman–Crippen MR) is 152 cm³/mol. The van der Waals surface area contributed by atoms with Crippen LogP contribution in [0, 0.1) is 5.82 Å². The van der Waals surface area contributed by atoms with Gasteiger partial charge in [-0.25, -0.2) is 14.2 Å². The Morgan fingerprint density at radius 2 is 1.80 bits per heavy atom. The number of anilines is 1. The van der Waals surface area contributed by atoms with Gasteiger partial charge in [-0.2, -0.15) is 0 Å². The molecule has 1 atom stereocenters. The lowest BCUT2D eigenvalue weighted by Gasteiger charge is -2.35. The third-order valence-electron chi connectivity index (χ3n) is 8.24. The second kappa shape index (κ2) is 10.1. The van der Waals surface area contributed by atoms with Crippen LogP contribution >= 0.6 is 0 Å². The number of rotatable bonds is 6. The lowest BCUT2D eigenvalue weighted by Crippen LogP contribution is -2.51. The van der Waals surface area contributed by atoms with Crippen molar-refractivity contribution < 1.29 is 24.2 Å². The van der Waals surface area contributed by atoms with Crippen LogP contribution < -0.4 is 15.5 Å². The van der Waals surface area contributed by atoms with Gasteiger partial charge in [0.1, 0.15) is 28.8 Å². The summed E-state index contributed by atoms with van der Waals surface area (Å²) in [6.07, 6.45) is 0. The fourth-order valence-corrected chi connectivity index (χ4v) is 5.86. The zero-order valence-corrected chi connectivity index (χ0v) is 22.7. The fraction of sp³-hybridized carbons (Fsp3) is 0.300. The van der Waals surface area contributed by atoms with Crippen molar-refractivity contribution in [3.63, 3.8) is 0 Å². The number of carbonyl (C=O) groups is 2. The van der Waals surface area contributed by atoms with Gasteiger partial charge in [0.2, 0.25) is 0 Å². The van der Waals surface area contributed by atoms with Crippen LogP contribution in [0.3, 0.4) is 0 Å². The molecule has 3 amide bonds. The first-order valence-electron chi connectivity index (χ1n) is 13.6. The van der Waals surface area contributed by atoms with Crippen LogP contribution in [0.5, 0.6) is 11.5 Å². The van der Waals surface area contributed by atoms with Crippen LogP contribution in [0.2, 0.25) is 0 Å². The SMILES string of the molecule is C=C1c2cc(O)ccc2CN1C[C@@]1(c2ccc(-c3nc(N4CCN(CC)CC4)ccc3O)c(F)c2)NC(=O)NC1=O. The van der Waals surface area contributed by atoms with Crippen LogP contribution in [-0.4, -0.2) is 76.2 Å². The van der Waals surface area contributed by atoms with Gasteiger partial charge in [-0.05, 0) is 54.1 Å². The largest absolute Gasteiger partial charge is 0.508 e. The molecule has 2 aromatic carbocycles. The summed E-state index contributed by atoms with van der Waals surface area (Å²) >= 11 is 0. The molecule has 3 aliphatic rings. The Morgan fingerprint density at radius 1 is 1.02 bits per heavy atom. The number of amides is 3. The second-order valence-corrected chi connectivity index (χ2v) is 10.6. The Morgan fingerprint density at radius 3 is 2.49 bits per heavy atom. The highest BCUT2D eigenvalue weighted by molar-refractivity contribution is 6.07. The average molecular weight is 559 g/mol. The van der Waals surface area contributed by atoms with Gasteiger partial charge < -0.3 is 30.2 Å². The lowest BCUT2D eigenvalue weighted by molar-refractivity contribution is -0.124. The molecule has 1 aromatic heterocycles. The minimum atomic E-state index is -1.60. The molecular formula is C30H31FN6O4. The summed E-state index contributed by atoms with van der Waals surface area (Å²) in [5.41, 5.74) is 1.04. The van der Waals surface area contributed by atoms with E-state index >= 15 is 4.39 Å². The number of urea groups is 1. The molecule has 2 saturated heterocycles. The number of nitrogens with zero attached hydrogens (tertiary/aromatic N) is 4. The minimum Gasteiger partial charge on any atom is -0.508 e. The monoisotopic (exact) mass is 558 g/mol. The zero-order valence-electron chi connectivity index (χ0n) is 22.7. The summed E-state index contributed by atoms with van der Waals surface area (Å²) < 4.78 is 15.8. The Labute approximate surface area is 236 Å². The Kier molecular flexibility index (Phi) is 6.53. The number of hydrogen-bond donors (Lipinski definition) is 4. The van der Waals surface area contributed by atoms with Gasteiger partial charge in [-0.3, -0.25) is 10.1 Å². The standard InChI is InChI=1S/C30H31FN6O4/c1-3-35-10-12-36(13-11-35)26-9-8-25(39)27(32-26)22-7-5-20(14-24(22)31)30(28(40)33-29(41)34-30)17-37-16-19-4-6-21(38)15-23(19)18(37)2/h4-9,14-15,38-39H,2-3,10-13,16-17H2,1H3,(H2,33,34,40,41)/t30-/m0/s1. The zero-order chi connectivity index (χ0) is 28.9. The molecular weight excluding hydrogens is 527 g/mol. The average Bonchev–Trinajstić information content (AvgIpc) is 3.43. The number of hydrogen-bond acceptors (Lipinski definition) is 8. The second-order valence-electron chi connectivity index (χ2n) is 10.6. The van der Waals surface area contributed by atoms with Gasteiger partial charge >= 0.3 is 6.03 Å². The number of likely N-dealkylation sites (N-methyl/N-ethyl adjacent to an activating group) is 1. The topological polar surface area (TPSA) is 121 Å². The number of aromatic nitrogens is 1. The number of carbonyl (C=O) groups excluding carboxylic acids is 2. The molecule has 41 heavy (non-hydrogen) atoms. The first-order chi connectivity index (χ1) is 19.7. The van der Waals surface area contributed by atoms with E-state index in [0.29, 0.717) is 18.1 Å². The van der Waals surface area contributed by atoms with Crippen molar-refractivity contribution in [3.8, 4) is 22.8 Å². The minimum absolute atomic E-state index is 0.0135. The van der Waals surface area contributed by atoms with Crippen molar-refractivity contribution in [3.05, 3.63) is 77.6 Å². The number of imide groups is 1. The van der Waals surface area contributed by atoms with Crippen LogP contribution in [0.4, 0.5) is 15.0 Å². The molecule has 0 bridgehead atoms. The van der Waals surface area contributed by atoms with Crippen LogP contribution in [-0.2, 0) is 16.9 Å². The predicted octanol–water partition coefficient (Wildman–Crippen LogP) is 2.96. The molecule has 212 valence electrons. The molecule has 0 aliphatic carbocycles. The highest BCUT2D eigenvalue weighted by Crippen LogP contribution is 2.39. The van der Waals surface area contributed by atoms with E-state index < -0.39 is 23.3 Å². The maximum atomic E-state index is 15.8. The number of pyridine rings is 1. The van der Waals surface area contributed by atoms with Crippen molar-refractivity contribution in [1.82, 2.24) is 25.4 Å². The highest BCUT2D eigenvalue weighted by atomic mass is 19.1. The Balaban J connectivity index is 1.32. The number of piperazine rings is 1. The summed E-state index contributed by atoms with van der Waals surface area (Å²) in [6, 6.07) is 11.7. The summed E-state index contributed by atoms with van der Waals surface area (Å²) in [6.45, 7) is 10.9. The van der Waals surface area contributed by atoms with Crippen molar-refractivity contribution >= 4 is 23.5 Å². The number of fused-ring (bicyclic) bond motifs is 1. The molecule has 0 unspecified atom stereocenters. The molecule has 0 spiro atoms. The smallest absolute Gasteiger partial charge is 0.322 e. The summed E-state index contributed by atoms with van der Waals surface area (Å²) in [5, 5.41) is 25.5. The summed E-state index contributed by atoms with van der Waals surface area (Å²) in [4.78, 5) is 36.4. The lowest BCUT2D eigenvalue weighted by atomic mass is 9.88. The Bertz CT molecular complexity index is 1570. The van der Waals surface area contributed by atoms with E-state index in [0.717, 1.165) is 43.9 Å². The highest BCUT2D eigenvalue weighted by Gasteiger charge is 2.50. The van der Waals surface area contributed by atoms with Gasteiger partial charge in [-0.15, -0.1) is 0 Å². The van der Waals surface area contributed by atoms with Gasteiger partial charge in [0, 0.05) is 49.5 Å². The van der Waals surface area contributed by atoms with E-state index in [-0.39, 0.29) is 34.9 Å². The van der Waals surface area contributed by atoms with E-state index in [9.17, 15) is 19.8 Å². The number of benzene rings is 2. The maximum Gasteiger partial charge on any atom is 0.322 e.